The third-order valence-electron chi connectivity index (χ3n) is 2.04. The van der Waals surface area contributed by atoms with Crippen molar-refractivity contribution >= 4 is 26.2 Å². The van der Waals surface area contributed by atoms with Crippen LogP contribution in [0.15, 0.2) is 0 Å². The molecule has 0 amide bonds. The van der Waals surface area contributed by atoms with Gasteiger partial charge in [-0.15, -0.1) is 0 Å². The number of carbonyl (C=O) groups is 1. The molecule has 0 saturated heterocycles. The fourth-order valence-electron chi connectivity index (χ4n) is 0.998. The molecule has 0 bridgehead atoms. The maximum absolute atomic E-state index is 11.6. The molecule has 19 heavy (non-hydrogen) atoms. The van der Waals surface area contributed by atoms with Crippen molar-refractivity contribution < 1.29 is 26.4 Å². The van der Waals surface area contributed by atoms with Crippen LogP contribution in [0, 0.1) is 0 Å². The van der Waals surface area contributed by atoms with Crippen LogP contribution in [-0.4, -0.2) is 67.2 Å². The molecule has 0 radical (unpaired) electrons. The molecular formula is C8H19N3O6S2. The summed E-state index contributed by atoms with van der Waals surface area (Å²) < 4.78 is 54.5. The van der Waals surface area contributed by atoms with E-state index in [0.717, 1.165) is 10.6 Å². The minimum atomic E-state index is -3.74. The molecule has 0 heterocycles. The van der Waals surface area contributed by atoms with Gasteiger partial charge in [-0.1, -0.05) is 0 Å². The van der Waals surface area contributed by atoms with E-state index >= 15 is 0 Å². The third-order valence-corrected chi connectivity index (χ3v) is 4.34. The molecule has 0 aromatic rings. The molecule has 2 N–H and O–H groups in total. The van der Waals surface area contributed by atoms with E-state index in [0.29, 0.717) is 0 Å². The van der Waals surface area contributed by atoms with Crippen molar-refractivity contribution in [1.29, 1.82) is 0 Å². The average molecular weight is 317 g/mol. The lowest BCUT2D eigenvalue weighted by molar-refractivity contribution is -0.140. The molecule has 0 aromatic carbocycles. The predicted octanol–water partition coefficient (Wildman–Crippen LogP) is -2.14. The average Bonchev–Trinajstić information content (AvgIpc) is 2.29. The summed E-state index contributed by atoms with van der Waals surface area (Å²) in [5.74, 6) is -0.513. The van der Waals surface area contributed by atoms with Gasteiger partial charge in [-0.3, -0.25) is 4.79 Å². The number of esters is 1. The molecule has 11 heteroatoms. The largest absolute Gasteiger partial charge is 0.469 e. The zero-order valence-electron chi connectivity index (χ0n) is 11.0. The van der Waals surface area contributed by atoms with Crippen molar-refractivity contribution in [1.82, 2.24) is 13.7 Å². The van der Waals surface area contributed by atoms with E-state index in [1.54, 1.807) is 0 Å². The Balaban J connectivity index is 4.13. The van der Waals surface area contributed by atoms with E-state index in [1.807, 2.05) is 0 Å². The Labute approximate surface area is 113 Å². The second-order valence-electron chi connectivity index (χ2n) is 3.71. The van der Waals surface area contributed by atoms with E-state index in [9.17, 15) is 21.6 Å². The molecule has 9 nitrogen and oxygen atoms in total. The number of rotatable bonds is 9. The van der Waals surface area contributed by atoms with Crippen LogP contribution in [0.2, 0.25) is 0 Å². The highest BCUT2D eigenvalue weighted by Crippen LogP contribution is 1.96. The van der Waals surface area contributed by atoms with Crippen LogP contribution in [0.4, 0.5) is 0 Å². The molecule has 0 spiro atoms. The number of ether oxygens (including phenoxy) is 1. The Morgan fingerprint density at radius 2 is 1.68 bits per heavy atom. The summed E-state index contributed by atoms with van der Waals surface area (Å²) in [5, 5.41) is 0. The molecule has 114 valence electrons. The fourth-order valence-corrected chi connectivity index (χ4v) is 2.38. The number of hydrogen-bond acceptors (Lipinski definition) is 6. The quantitative estimate of drug-likeness (QED) is 0.370. The summed E-state index contributed by atoms with van der Waals surface area (Å²) in [6, 6.07) is 0. The summed E-state index contributed by atoms with van der Waals surface area (Å²) >= 11 is 0. The predicted molar refractivity (Wildman–Crippen MR) is 69.0 cm³/mol. The van der Waals surface area contributed by atoms with Crippen molar-refractivity contribution in [2.45, 2.75) is 6.42 Å². The lowest BCUT2D eigenvalue weighted by Crippen LogP contribution is -2.42. The minimum Gasteiger partial charge on any atom is -0.469 e. The molecule has 0 atom stereocenters. The number of hydrogen-bond donors (Lipinski definition) is 2. The first kappa shape index (κ1) is 18.2. The van der Waals surface area contributed by atoms with E-state index in [1.165, 1.54) is 14.2 Å². The van der Waals surface area contributed by atoms with Crippen LogP contribution in [0.25, 0.3) is 0 Å². The highest BCUT2D eigenvalue weighted by atomic mass is 32.2. The molecule has 0 aliphatic rings. The van der Waals surface area contributed by atoms with Crippen LogP contribution in [-0.2, 0) is 29.8 Å². The van der Waals surface area contributed by atoms with Gasteiger partial charge in [0.05, 0.1) is 19.8 Å². The van der Waals surface area contributed by atoms with Gasteiger partial charge in [0.2, 0.25) is 10.0 Å². The van der Waals surface area contributed by atoms with Crippen LogP contribution in [0.3, 0.4) is 0 Å². The normalized spacial score (nSPS) is 12.6. The molecule has 0 aliphatic heterocycles. The first-order valence-corrected chi connectivity index (χ1v) is 8.64. The molecule has 0 aromatic heterocycles. The smallest absolute Gasteiger partial charge is 0.306 e. The molecule has 0 rings (SSSR count). The monoisotopic (exact) mass is 317 g/mol. The van der Waals surface area contributed by atoms with Gasteiger partial charge in [0.15, 0.2) is 0 Å². The molecule has 0 aliphatic carbocycles. The van der Waals surface area contributed by atoms with Crippen LogP contribution in [0.5, 0.6) is 0 Å². The van der Waals surface area contributed by atoms with Gasteiger partial charge in [0.25, 0.3) is 10.2 Å². The topological polar surface area (TPSA) is 122 Å². The van der Waals surface area contributed by atoms with Gasteiger partial charge in [0, 0.05) is 26.7 Å². The van der Waals surface area contributed by atoms with Gasteiger partial charge in [-0.05, 0) is 0 Å². The number of nitrogens with zero attached hydrogens (tertiary/aromatic N) is 1. The van der Waals surface area contributed by atoms with Gasteiger partial charge < -0.3 is 4.74 Å². The van der Waals surface area contributed by atoms with E-state index in [2.05, 4.69) is 14.2 Å². The summed E-state index contributed by atoms with van der Waals surface area (Å²) in [5.41, 5.74) is 0. The maximum atomic E-state index is 11.6. The first-order chi connectivity index (χ1) is 8.58. The minimum absolute atomic E-state index is 0.0263. The number of sulfonamides is 1. The van der Waals surface area contributed by atoms with Crippen molar-refractivity contribution in [3.63, 3.8) is 0 Å². The van der Waals surface area contributed by atoms with E-state index in [-0.39, 0.29) is 26.1 Å². The van der Waals surface area contributed by atoms with Crippen molar-refractivity contribution in [2.75, 3.05) is 40.0 Å². The van der Waals surface area contributed by atoms with Gasteiger partial charge in [0.1, 0.15) is 0 Å². The number of methoxy groups -OCH3 is 1. The van der Waals surface area contributed by atoms with Gasteiger partial charge in [-0.25, -0.2) is 17.9 Å². The highest BCUT2D eigenvalue weighted by molar-refractivity contribution is 7.88. The van der Waals surface area contributed by atoms with Gasteiger partial charge in [-0.2, -0.15) is 12.7 Å². The Kier molecular flexibility index (Phi) is 7.44. The van der Waals surface area contributed by atoms with Crippen LogP contribution in [0.1, 0.15) is 6.42 Å². The van der Waals surface area contributed by atoms with E-state index in [4.69, 9.17) is 0 Å². The molecule has 0 unspecified atom stereocenters. The number of nitrogens with one attached hydrogen (secondary N) is 2. The summed E-state index contributed by atoms with van der Waals surface area (Å²) in [7, 11) is -4.57. The maximum Gasteiger partial charge on any atom is 0.306 e. The second kappa shape index (κ2) is 7.75. The van der Waals surface area contributed by atoms with Crippen LogP contribution < -0.4 is 9.44 Å². The lowest BCUT2D eigenvalue weighted by Gasteiger charge is -2.17. The molecule has 0 fully saturated rings. The SMILES string of the molecule is COC(=O)CCN(C)S(=O)(=O)NCCNS(C)(=O)=O. The van der Waals surface area contributed by atoms with E-state index < -0.39 is 26.2 Å². The standard InChI is InChI=1S/C8H19N3O6S2/c1-11(7-4-8(12)17-2)19(15,16)10-6-5-9-18(3,13)14/h9-10H,4-7H2,1-3H3. The summed E-state index contributed by atoms with van der Waals surface area (Å²) in [4.78, 5) is 10.9. The zero-order chi connectivity index (χ0) is 15.1. The van der Waals surface area contributed by atoms with Crippen molar-refractivity contribution in [3.8, 4) is 0 Å². The Bertz CT molecular complexity index is 487. The molecular weight excluding hydrogens is 298 g/mol. The van der Waals surface area contributed by atoms with Crippen molar-refractivity contribution in [3.05, 3.63) is 0 Å². The second-order valence-corrected chi connectivity index (χ2v) is 7.41. The van der Waals surface area contributed by atoms with Crippen molar-refractivity contribution in [2.24, 2.45) is 0 Å². The third kappa shape index (κ3) is 8.88. The van der Waals surface area contributed by atoms with Crippen LogP contribution >= 0.6 is 0 Å². The Hall–Kier alpha value is -0.750. The zero-order valence-corrected chi connectivity index (χ0v) is 12.7. The summed E-state index contributed by atoms with van der Waals surface area (Å²) in [6.45, 7) is -0.164. The fraction of sp³-hybridized carbons (Fsp3) is 0.875. The number of carbonyl (C=O) groups excluding carboxylic acids is 1. The van der Waals surface area contributed by atoms with Gasteiger partial charge >= 0.3 is 5.97 Å². The Morgan fingerprint density at radius 1 is 1.16 bits per heavy atom. The Morgan fingerprint density at radius 3 is 2.16 bits per heavy atom. The lowest BCUT2D eigenvalue weighted by atomic mass is 10.4. The summed E-state index contributed by atoms with van der Waals surface area (Å²) in [6.07, 6.45) is 0.916. The molecule has 0 saturated carbocycles. The first-order valence-electron chi connectivity index (χ1n) is 5.31. The highest BCUT2D eigenvalue weighted by Gasteiger charge is 2.17.